The number of anilines is 4. The molecule has 0 radical (unpaired) electrons. The number of hydrogen-bond donors (Lipinski definition) is 2. The number of nitrogens with one attached hydrogen (secondary N) is 2. The predicted molar refractivity (Wildman–Crippen MR) is 142 cm³/mol. The van der Waals surface area contributed by atoms with Gasteiger partial charge < -0.3 is 15.0 Å². The first-order chi connectivity index (χ1) is 16.8. The van der Waals surface area contributed by atoms with Gasteiger partial charge in [-0.1, -0.05) is 17.7 Å². The van der Waals surface area contributed by atoms with Crippen LogP contribution in [0.2, 0.25) is 5.02 Å². The summed E-state index contributed by atoms with van der Waals surface area (Å²) in [6.07, 6.45) is 1.45. The topological polar surface area (TPSA) is 131 Å². The quantitative estimate of drug-likeness (QED) is 0.204. The van der Waals surface area contributed by atoms with Crippen molar-refractivity contribution in [2.24, 2.45) is 5.10 Å². The number of morpholine rings is 1. The third-order valence-corrected chi connectivity index (χ3v) is 6.69. The highest BCUT2D eigenvalue weighted by atomic mass is 79.9. The van der Waals surface area contributed by atoms with Gasteiger partial charge in [0.15, 0.2) is 0 Å². The van der Waals surface area contributed by atoms with Gasteiger partial charge in [0.1, 0.15) is 0 Å². The first kappa shape index (κ1) is 25.2. The number of nitrogens with zero attached hydrogens (tertiary/aromatic N) is 6. The third-order valence-electron chi connectivity index (χ3n) is 4.96. The Morgan fingerprint density at radius 1 is 1.14 bits per heavy atom. The zero-order valence-electron chi connectivity index (χ0n) is 18.3. The minimum Gasteiger partial charge on any atom is -0.378 e. The number of ether oxygens (including phenoxy) is 1. The van der Waals surface area contributed by atoms with E-state index in [4.69, 9.17) is 16.3 Å². The van der Waals surface area contributed by atoms with Crippen molar-refractivity contribution in [1.29, 1.82) is 0 Å². The second-order valence-corrected chi connectivity index (χ2v) is 9.54. The first-order valence-electron chi connectivity index (χ1n) is 10.3. The number of rotatable bonds is 7. The maximum absolute atomic E-state index is 11.2. The lowest BCUT2D eigenvalue weighted by Gasteiger charge is -2.27. The van der Waals surface area contributed by atoms with E-state index in [0.29, 0.717) is 58.9 Å². The van der Waals surface area contributed by atoms with Crippen molar-refractivity contribution >= 4 is 78.9 Å². The number of halogens is 3. The van der Waals surface area contributed by atoms with Crippen molar-refractivity contribution < 1.29 is 9.66 Å². The lowest BCUT2D eigenvalue weighted by atomic mass is 10.2. The average molecular weight is 627 g/mol. The van der Waals surface area contributed by atoms with Gasteiger partial charge in [-0.25, -0.2) is 5.43 Å². The molecule has 2 aromatic carbocycles. The molecule has 0 aliphatic carbocycles. The average Bonchev–Trinajstić information content (AvgIpc) is 2.84. The Morgan fingerprint density at radius 2 is 1.89 bits per heavy atom. The number of aryl methyl sites for hydroxylation is 1. The number of nitro benzene ring substituents is 1. The number of aromatic nitrogens is 3. The van der Waals surface area contributed by atoms with Crippen molar-refractivity contribution in [2.75, 3.05) is 41.9 Å². The highest BCUT2D eigenvalue weighted by molar-refractivity contribution is 9.11. The van der Waals surface area contributed by atoms with Crippen molar-refractivity contribution in [2.45, 2.75) is 6.92 Å². The van der Waals surface area contributed by atoms with E-state index < -0.39 is 4.92 Å². The maximum atomic E-state index is 11.2. The van der Waals surface area contributed by atoms with Gasteiger partial charge in [0.2, 0.25) is 17.8 Å². The Kier molecular flexibility index (Phi) is 8.11. The van der Waals surface area contributed by atoms with E-state index in [-0.39, 0.29) is 11.6 Å². The molecule has 0 spiro atoms. The van der Waals surface area contributed by atoms with Crippen molar-refractivity contribution in [3.05, 3.63) is 65.5 Å². The van der Waals surface area contributed by atoms with Crippen LogP contribution in [-0.2, 0) is 4.74 Å². The van der Waals surface area contributed by atoms with Gasteiger partial charge >= 0.3 is 0 Å². The van der Waals surface area contributed by atoms with Crippen molar-refractivity contribution in [3.63, 3.8) is 0 Å². The van der Waals surface area contributed by atoms with E-state index in [2.05, 4.69) is 62.7 Å². The van der Waals surface area contributed by atoms with Crippen molar-refractivity contribution in [3.8, 4) is 0 Å². The SMILES string of the molecule is Cc1cc(Br)c(Nc2nc(N/N=C\c3ccc(Br)c([N+](=O)[O-])c3)nc(N3CCOCC3)n2)cc1Cl. The summed E-state index contributed by atoms with van der Waals surface area (Å²) in [7, 11) is 0. The van der Waals surface area contributed by atoms with Crippen LogP contribution in [0.25, 0.3) is 0 Å². The summed E-state index contributed by atoms with van der Waals surface area (Å²) in [4.78, 5) is 26.1. The number of nitro groups is 1. The van der Waals surface area contributed by atoms with E-state index in [1.807, 2.05) is 17.9 Å². The first-order valence-corrected chi connectivity index (χ1v) is 12.3. The lowest BCUT2D eigenvalue weighted by Crippen LogP contribution is -2.37. The summed E-state index contributed by atoms with van der Waals surface area (Å²) in [5.41, 5.74) is 4.88. The van der Waals surface area contributed by atoms with Gasteiger partial charge in [-0.15, -0.1) is 0 Å². The molecule has 11 nitrogen and oxygen atoms in total. The fourth-order valence-electron chi connectivity index (χ4n) is 3.15. The number of benzene rings is 2. The zero-order valence-corrected chi connectivity index (χ0v) is 22.3. The second-order valence-electron chi connectivity index (χ2n) is 7.43. The molecule has 1 saturated heterocycles. The van der Waals surface area contributed by atoms with Gasteiger partial charge in [-0.3, -0.25) is 10.1 Å². The molecule has 0 saturated carbocycles. The van der Waals surface area contributed by atoms with E-state index >= 15 is 0 Å². The van der Waals surface area contributed by atoms with Gasteiger partial charge in [0, 0.05) is 34.2 Å². The lowest BCUT2D eigenvalue weighted by molar-refractivity contribution is -0.385. The van der Waals surface area contributed by atoms with Crippen LogP contribution >= 0.6 is 43.5 Å². The summed E-state index contributed by atoms with van der Waals surface area (Å²) < 4.78 is 6.62. The molecule has 1 fully saturated rings. The minimum absolute atomic E-state index is 0.0578. The van der Waals surface area contributed by atoms with E-state index in [1.54, 1.807) is 18.2 Å². The van der Waals surface area contributed by atoms with Crippen LogP contribution in [0.4, 0.5) is 29.2 Å². The van der Waals surface area contributed by atoms with E-state index in [0.717, 1.165) is 10.0 Å². The van der Waals surface area contributed by atoms with E-state index in [1.165, 1.54) is 12.3 Å². The molecule has 1 aliphatic heterocycles. The summed E-state index contributed by atoms with van der Waals surface area (Å²) in [5, 5.41) is 19.1. The zero-order chi connectivity index (χ0) is 24.9. The molecule has 1 aliphatic rings. The van der Waals surface area contributed by atoms with Gasteiger partial charge in [-0.05, 0) is 62.5 Å². The highest BCUT2D eigenvalue weighted by Gasteiger charge is 2.17. The summed E-state index contributed by atoms with van der Waals surface area (Å²) >= 11 is 13.0. The van der Waals surface area contributed by atoms with Crippen LogP contribution in [0, 0.1) is 17.0 Å². The van der Waals surface area contributed by atoms with Crippen LogP contribution in [0.5, 0.6) is 0 Å². The molecule has 14 heteroatoms. The highest BCUT2D eigenvalue weighted by Crippen LogP contribution is 2.31. The molecule has 2 heterocycles. The molecular weight excluding hydrogens is 608 g/mol. The minimum atomic E-state index is -0.469. The standard InChI is InChI=1S/C21H19Br2ClN8O3/c1-12-8-15(23)17(10-16(12)24)26-19-27-20(29-21(28-19)31-4-6-35-7-5-31)30-25-11-13-2-3-14(22)18(9-13)32(33)34/h2-3,8-11H,4-7H2,1H3,(H2,26,27,28,29,30)/b25-11-. The summed E-state index contributed by atoms with van der Waals surface area (Å²) in [6, 6.07) is 8.37. The van der Waals surface area contributed by atoms with Gasteiger partial charge in [0.05, 0.1) is 34.5 Å². The van der Waals surface area contributed by atoms with Crippen molar-refractivity contribution in [1.82, 2.24) is 15.0 Å². The van der Waals surface area contributed by atoms with Gasteiger partial charge in [0.25, 0.3) is 5.69 Å². The molecule has 4 rings (SSSR count). The Balaban J connectivity index is 1.61. The Morgan fingerprint density at radius 3 is 2.63 bits per heavy atom. The second kappa shape index (κ2) is 11.2. The monoisotopic (exact) mass is 624 g/mol. The molecule has 0 unspecified atom stereocenters. The summed E-state index contributed by atoms with van der Waals surface area (Å²) in [6.45, 7) is 4.31. The molecule has 0 amide bonds. The van der Waals surface area contributed by atoms with Crippen LogP contribution in [0.3, 0.4) is 0 Å². The molecule has 2 N–H and O–H groups in total. The molecule has 0 bridgehead atoms. The smallest absolute Gasteiger partial charge is 0.284 e. The molecule has 35 heavy (non-hydrogen) atoms. The van der Waals surface area contributed by atoms with Crippen LogP contribution < -0.4 is 15.6 Å². The molecule has 182 valence electrons. The van der Waals surface area contributed by atoms with Crippen LogP contribution in [-0.4, -0.2) is 52.4 Å². The van der Waals surface area contributed by atoms with Crippen LogP contribution in [0.1, 0.15) is 11.1 Å². The summed E-state index contributed by atoms with van der Waals surface area (Å²) in [5.74, 6) is 0.942. The largest absolute Gasteiger partial charge is 0.378 e. The van der Waals surface area contributed by atoms with Gasteiger partial charge in [-0.2, -0.15) is 20.1 Å². The van der Waals surface area contributed by atoms with Crippen LogP contribution in [0.15, 0.2) is 44.4 Å². The molecular formula is C21H19Br2ClN8O3. The third kappa shape index (κ3) is 6.42. The Bertz CT molecular complexity index is 1290. The Labute approximate surface area is 222 Å². The Hall–Kier alpha value is -2.87. The fraction of sp³-hybridized carbons (Fsp3) is 0.238. The number of hydrogen-bond acceptors (Lipinski definition) is 10. The van der Waals surface area contributed by atoms with E-state index in [9.17, 15) is 10.1 Å². The molecule has 0 atom stereocenters. The maximum Gasteiger partial charge on any atom is 0.284 e. The number of hydrazone groups is 1. The predicted octanol–water partition coefficient (Wildman–Crippen LogP) is 5.29. The fourth-order valence-corrected chi connectivity index (χ4v) is 4.26. The molecule has 3 aromatic rings. The molecule has 1 aromatic heterocycles. The normalized spacial score (nSPS) is 13.8.